The number of benzene rings is 1. The van der Waals surface area contributed by atoms with Gasteiger partial charge >= 0.3 is 0 Å². The van der Waals surface area contributed by atoms with Gasteiger partial charge in [0.15, 0.2) is 5.78 Å². The highest BCUT2D eigenvalue weighted by Gasteiger charge is 2.35. The van der Waals surface area contributed by atoms with Crippen LogP contribution < -0.4 is 10.0 Å². The van der Waals surface area contributed by atoms with E-state index in [1.165, 1.54) is 13.1 Å². The number of aromatic amines is 1. The quantitative estimate of drug-likeness (QED) is 0.729. The number of carbonyl (C=O) groups excluding carboxylic acids is 2. The Morgan fingerprint density at radius 2 is 1.86 bits per heavy atom. The third-order valence-corrected chi connectivity index (χ3v) is 6.69. The molecule has 3 rings (SSSR count). The smallest absolute Gasteiger partial charge is 0.272 e. The molecular formula is C20H25N3O4S. The fourth-order valence-electron chi connectivity index (χ4n) is 3.73. The van der Waals surface area contributed by atoms with E-state index >= 15 is 0 Å². The van der Waals surface area contributed by atoms with Crippen LogP contribution in [0.25, 0.3) is 0 Å². The highest BCUT2D eigenvalue weighted by molar-refractivity contribution is 7.89. The Morgan fingerprint density at radius 1 is 1.18 bits per heavy atom. The predicted octanol–water partition coefficient (Wildman–Crippen LogP) is 2.95. The number of Topliss-reactive ketones (excluding diaryl/α,β-unsaturated/α-hetero) is 1. The van der Waals surface area contributed by atoms with Crippen molar-refractivity contribution < 1.29 is 18.0 Å². The number of hydrogen-bond acceptors (Lipinski definition) is 4. The lowest BCUT2D eigenvalue weighted by Crippen LogP contribution is -2.26. The summed E-state index contributed by atoms with van der Waals surface area (Å²) in [5, 5.41) is 2.73. The highest BCUT2D eigenvalue weighted by atomic mass is 32.2. The Labute approximate surface area is 165 Å². The Kier molecular flexibility index (Phi) is 4.97. The first kappa shape index (κ1) is 20.3. The minimum absolute atomic E-state index is 0.0387. The Hall–Kier alpha value is -2.45. The number of hydrogen-bond donors (Lipinski definition) is 3. The van der Waals surface area contributed by atoms with Crippen molar-refractivity contribution in [2.75, 3.05) is 12.4 Å². The molecule has 0 saturated heterocycles. The van der Waals surface area contributed by atoms with Gasteiger partial charge in [0.05, 0.1) is 4.90 Å². The maximum Gasteiger partial charge on any atom is 0.272 e. The van der Waals surface area contributed by atoms with Crippen molar-refractivity contribution in [3.05, 3.63) is 46.3 Å². The number of ketones is 1. The van der Waals surface area contributed by atoms with Gasteiger partial charge in [-0.25, -0.2) is 13.1 Å². The van der Waals surface area contributed by atoms with Crippen LogP contribution in [0.5, 0.6) is 0 Å². The number of amides is 1. The van der Waals surface area contributed by atoms with Gasteiger partial charge in [-0.1, -0.05) is 19.9 Å². The first-order valence-electron chi connectivity index (χ1n) is 9.05. The number of anilines is 1. The van der Waals surface area contributed by atoms with Crippen molar-refractivity contribution in [2.24, 2.45) is 5.41 Å². The van der Waals surface area contributed by atoms with Gasteiger partial charge in [-0.15, -0.1) is 0 Å². The standard InChI is InChI=1S/C20H25N3O4S/c1-11-6-7-13(8-16(11)28(26,27)21-5)22-19(25)18-12(2)17-14(23-18)9-20(3,4)10-15(17)24/h6-8,21,23H,9-10H2,1-5H3,(H,22,25). The van der Waals surface area contributed by atoms with Crippen molar-refractivity contribution >= 4 is 27.4 Å². The van der Waals surface area contributed by atoms with Gasteiger partial charge in [0.1, 0.15) is 5.69 Å². The number of fused-ring (bicyclic) bond motifs is 1. The molecule has 1 aromatic heterocycles. The monoisotopic (exact) mass is 403 g/mol. The molecule has 8 heteroatoms. The zero-order valence-corrected chi connectivity index (χ0v) is 17.5. The summed E-state index contributed by atoms with van der Waals surface area (Å²) in [6, 6.07) is 4.71. The normalized spacial score (nSPS) is 16.0. The van der Waals surface area contributed by atoms with Crippen LogP contribution in [0.1, 0.15) is 57.9 Å². The largest absolute Gasteiger partial charge is 0.354 e. The van der Waals surface area contributed by atoms with Gasteiger partial charge in [-0.05, 0) is 56.0 Å². The molecule has 1 amide bonds. The summed E-state index contributed by atoms with van der Waals surface area (Å²) in [4.78, 5) is 28.5. The zero-order chi connectivity index (χ0) is 20.9. The van der Waals surface area contributed by atoms with E-state index < -0.39 is 15.9 Å². The first-order valence-corrected chi connectivity index (χ1v) is 10.5. The molecule has 7 nitrogen and oxygen atoms in total. The van der Waals surface area contributed by atoms with E-state index in [-0.39, 0.29) is 16.1 Å². The Morgan fingerprint density at radius 3 is 2.50 bits per heavy atom. The Bertz CT molecular complexity index is 1080. The molecule has 1 aliphatic carbocycles. The van der Waals surface area contributed by atoms with Crippen LogP contribution in [-0.4, -0.2) is 32.1 Å². The van der Waals surface area contributed by atoms with Gasteiger partial charge in [-0.2, -0.15) is 0 Å². The van der Waals surface area contributed by atoms with Crippen LogP contribution in [0.2, 0.25) is 0 Å². The van der Waals surface area contributed by atoms with Crippen molar-refractivity contribution in [1.82, 2.24) is 9.71 Å². The van der Waals surface area contributed by atoms with E-state index in [0.29, 0.717) is 40.9 Å². The molecule has 0 atom stereocenters. The first-order chi connectivity index (χ1) is 12.9. The van der Waals surface area contributed by atoms with E-state index in [0.717, 1.165) is 5.69 Å². The summed E-state index contributed by atoms with van der Waals surface area (Å²) in [5.41, 5.74) is 3.13. The Balaban J connectivity index is 1.94. The summed E-state index contributed by atoms with van der Waals surface area (Å²) in [6.45, 7) is 7.50. The summed E-state index contributed by atoms with van der Waals surface area (Å²) < 4.78 is 26.6. The minimum atomic E-state index is -3.64. The van der Waals surface area contributed by atoms with Crippen LogP contribution in [-0.2, 0) is 16.4 Å². The topological polar surface area (TPSA) is 108 Å². The summed E-state index contributed by atoms with van der Waals surface area (Å²) in [6.07, 6.45) is 1.14. The molecule has 1 heterocycles. The fourth-order valence-corrected chi connectivity index (χ4v) is 4.72. The molecule has 1 aromatic carbocycles. The van der Waals surface area contributed by atoms with Crippen LogP contribution in [0, 0.1) is 19.3 Å². The molecule has 3 N–H and O–H groups in total. The number of nitrogens with one attached hydrogen (secondary N) is 3. The van der Waals surface area contributed by atoms with Gasteiger partial charge in [0, 0.05) is 23.4 Å². The third kappa shape index (κ3) is 3.62. The molecular weight excluding hydrogens is 378 g/mol. The van der Waals surface area contributed by atoms with E-state index in [1.807, 2.05) is 13.8 Å². The summed E-state index contributed by atoms with van der Waals surface area (Å²) in [7, 11) is -2.30. The highest BCUT2D eigenvalue weighted by Crippen LogP contribution is 2.36. The number of H-pyrrole nitrogens is 1. The molecule has 28 heavy (non-hydrogen) atoms. The van der Waals surface area contributed by atoms with Gasteiger partial charge in [0.25, 0.3) is 5.91 Å². The molecule has 0 bridgehead atoms. The summed E-state index contributed by atoms with van der Waals surface area (Å²) in [5.74, 6) is -0.369. The second-order valence-corrected chi connectivity index (χ2v) is 9.92. The lowest BCUT2D eigenvalue weighted by Gasteiger charge is -2.28. The van der Waals surface area contributed by atoms with Crippen LogP contribution >= 0.6 is 0 Å². The second kappa shape index (κ2) is 6.86. The number of sulfonamides is 1. The number of aromatic nitrogens is 1. The van der Waals surface area contributed by atoms with Crippen molar-refractivity contribution in [3.63, 3.8) is 0 Å². The molecule has 0 spiro atoms. The third-order valence-electron chi connectivity index (χ3n) is 5.13. The molecule has 0 unspecified atom stereocenters. The van der Waals surface area contributed by atoms with Gasteiger partial charge in [0.2, 0.25) is 10.0 Å². The lowest BCUT2D eigenvalue weighted by molar-refractivity contribution is 0.0910. The van der Waals surface area contributed by atoms with Gasteiger partial charge in [-0.3, -0.25) is 9.59 Å². The van der Waals surface area contributed by atoms with Crippen molar-refractivity contribution in [2.45, 2.75) is 45.4 Å². The van der Waals surface area contributed by atoms with Crippen LogP contribution in [0.3, 0.4) is 0 Å². The van der Waals surface area contributed by atoms with Crippen LogP contribution in [0.4, 0.5) is 5.69 Å². The van der Waals surface area contributed by atoms with E-state index in [1.54, 1.807) is 26.0 Å². The average Bonchev–Trinajstić information content (AvgIpc) is 2.91. The number of rotatable bonds is 4. The molecule has 150 valence electrons. The van der Waals surface area contributed by atoms with Crippen molar-refractivity contribution in [3.8, 4) is 0 Å². The zero-order valence-electron chi connectivity index (χ0n) is 16.7. The maximum atomic E-state index is 12.8. The van der Waals surface area contributed by atoms with E-state index in [2.05, 4.69) is 15.0 Å². The molecule has 2 aromatic rings. The molecule has 1 aliphatic rings. The fraction of sp³-hybridized carbons (Fsp3) is 0.400. The molecule has 0 aliphatic heterocycles. The number of carbonyl (C=O) groups is 2. The maximum absolute atomic E-state index is 12.8. The lowest BCUT2D eigenvalue weighted by atomic mass is 9.75. The second-order valence-electron chi connectivity index (χ2n) is 8.06. The van der Waals surface area contributed by atoms with Crippen LogP contribution in [0.15, 0.2) is 23.1 Å². The van der Waals surface area contributed by atoms with E-state index in [4.69, 9.17) is 0 Å². The number of aryl methyl sites for hydroxylation is 1. The van der Waals surface area contributed by atoms with Gasteiger partial charge < -0.3 is 10.3 Å². The van der Waals surface area contributed by atoms with Crippen molar-refractivity contribution in [1.29, 1.82) is 0 Å². The molecule has 0 fully saturated rings. The predicted molar refractivity (Wildman–Crippen MR) is 107 cm³/mol. The summed E-state index contributed by atoms with van der Waals surface area (Å²) >= 11 is 0. The SMILES string of the molecule is CNS(=O)(=O)c1cc(NC(=O)c2[nH]c3c(c2C)C(=O)CC(C)(C)C3)ccc1C. The molecule has 0 saturated carbocycles. The average molecular weight is 404 g/mol. The minimum Gasteiger partial charge on any atom is -0.354 e. The molecule has 0 radical (unpaired) electrons. The van der Waals surface area contributed by atoms with E-state index in [9.17, 15) is 18.0 Å².